The standard InChI is InChI=1S/C85H166O17P2/c1-7-10-12-14-16-18-20-22-23-26-30-33-37-44-50-56-62-68-83(88)96-73-80(101-84(89)69-63-57-51-45-38-34-31-28-25-24-27-29-32-35-41-47-53-59-65-77(4)5)75-99-103(91,92)97-71-79(86)72-98-104(93,94)100-76-81(74-95-82(87)67-61-55-49-43-36-21-19-17-15-13-11-8-2)102-85(90)70-64-58-52-46-40-39-42-48-54-60-66-78(6)9-3/h77-81,86H,7-76H2,1-6H3,(H,91,92)(H,93,94)/t78?,79-,80-,81-/m1/s1. The minimum absolute atomic E-state index is 0.107. The molecule has 0 aliphatic heterocycles. The number of esters is 4. The second-order valence-electron chi connectivity index (χ2n) is 31.3. The Balaban J connectivity index is 5.25. The molecule has 0 radical (unpaired) electrons. The first kappa shape index (κ1) is 102. The lowest BCUT2D eigenvalue weighted by molar-refractivity contribution is -0.161. The normalized spacial score (nSPS) is 14.1. The van der Waals surface area contributed by atoms with Crippen molar-refractivity contribution in [3.63, 3.8) is 0 Å². The fraction of sp³-hybridized carbons (Fsp3) is 0.953. The molecule has 0 heterocycles. The van der Waals surface area contributed by atoms with Gasteiger partial charge in [0.25, 0.3) is 0 Å². The Bertz CT molecular complexity index is 2000. The third-order valence-corrected chi connectivity index (χ3v) is 22.2. The molecule has 0 fully saturated rings. The molecule has 0 aliphatic rings. The van der Waals surface area contributed by atoms with Gasteiger partial charge in [-0.05, 0) is 37.5 Å². The van der Waals surface area contributed by atoms with E-state index in [9.17, 15) is 43.2 Å². The number of aliphatic hydroxyl groups is 1. The first-order chi connectivity index (χ1) is 50.4. The summed E-state index contributed by atoms with van der Waals surface area (Å²) in [5, 5.41) is 10.7. The predicted octanol–water partition coefficient (Wildman–Crippen LogP) is 25.8. The van der Waals surface area contributed by atoms with Crippen LogP contribution in [0.2, 0.25) is 0 Å². The van der Waals surface area contributed by atoms with Crippen molar-refractivity contribution in [3.05, 3.63) is 0 Å². The van der Waals surface area contributed by atoms with Crippen LogP contribution >= 0.6 is 15.6 Å². The highest BCUT2D eigenvalue weighted by molar-refractivity contribution is 7.47. The van der Waals surface area contributed by atoms with Gasteiger partial charge in [0.15, 0.2) is 12.2 Å². The van der Waals surface area contributed by atoms with Crippen molar-refractivity contribution in [2.24, 2.45) is 11.8 Å². The van der Waals surface area contributed by atoms with E-state index >= 15 is 0 Å². The highest BCUT2D eigenvalue weighted by atomic mass is 31.2. The molecule has 0 aromatic rings. The quantitative estimate of drug-likeness (QED) is 0.0222. The average molecular weight is 1520 g/mol. The van der Waals surface area contributed by atoms with Gasteiger partial charge in [-0.25, -0.2) is 9.13 Å². The Kier molecular flexibility index (Phi) is 75.0. The molecule has 618 valence electrons. The van der Waals surface area contributed by atoms with Gasteiger partial charge < -0.3 is 33.8 Å². The van der Waals surface area contributed by atoms with Crippen LogP contribution < -0.4 is 0 Å². The summed E-state index contributed by atoms with van der Waals surface area (Å²) >= 11 is 0. The van der Waals surface area contributed by atoms with Gasteiger partial charge in [-0.2, -0.15) is 0 Å². The van der Waals surface area contributed by atoms with Crippen LogP contribution in [-0.2, 0) is 65.4 Å². The van der Waals surface area contributed by atoms with Gasteiger partial charge >= 0.3 is 39.5 Å². The number of aliphatic hydroxyl groups excluding tert-OH is 1. The molecule has 6 atom stereocenters. The van der Waals surface area contributed by atoms with Gasteiger partial charge in [0.05, 0.1) is 26.4 Å². The molecule has 17 nitrogen and oxygen atoms in total. The van der Waals surface area contributed by atoms with E-state index in [1.165, 1.54) is 270 Å². The molecule has 104 heavy (non-hydrogen) atoms. The Labute approximate surface area is 638 Å². The van der Waals surface area contributed by atoms with E-state index in [4.69, 9.17) is 37.0 Å². The zero-order valence-electron chi connectivity index (χ0n) is 68.3. The number of hydrogen-bond donors (Lipinski definition) is 3. The second kappa shape index (κ2) is 76.4. The smallest absolute Gasteiger partial charge is 0.462 e. The number of hydrogen-bond acceptors (Lipinski definition) is 15. The van der Waals surface area contributed by atoms with Gasteiger partial charge in [-0.1, -0.05) is 401 Å². The topological polar surface area (TPSA) is 237 Å². The van der Waals surface area contributed by atoms with Crippen LogP contribution in [0.5, 0.6) is 0 Å². The fourth-order valence-electron chi connectivity index (χ4n) is 13.2. The Morgan fingerprint density at radius 1 is 0.279 bits per heavy atom. The lowest BCUT2D eigenvalue weighted by Gasteiger charge is -2.21. The van der Waals surface area contributed by atoms with Crippen LogP contribution in [0.3, 0.4) is 0 Å². The van der Waals surface area contributed by atoms with Crippen molar-refractivity contribution in [2.75, 3.05) is 39.6 Å². The van der Waals surface area contributed by atoms with E-state index in [2.05, 4.69) is 41.5 Å². The number of rotatable bonds is 84. The first-order valence-corrected chi connectivity index (χ1v) is 47.0. The summed E-state index contributed by atoms with van der Waals surface area (Å²) in [6, 6.07) is 0. The number of phosphoric acid groups is 2. The average Bonchev–Trinajstić information content (AvgIpc) is 0.909. The third kappa shape index (κ3) is 76.8. The highest BCUT2D eigenvalue weighted by Crippen LogP contribution is 2.45. The molecule has 19 heteroatoms. The van der Waals surface area contributed by atoms with E-state index in [0.29, 0.717) is 25.7 Å². The summed E-state index contributed by atoms with van der Waals surface area (Å²) in [7, 11) is -9.93. The van der Waals surface area contributed by atoms with Gasteiger partial charge in [-0.3, -0.25) is 37.3 Å². The van der Waals surface area contributed by atoms with Gasteiger partial charge in [0.1, 0.15) is 19.3 Å². The lowest BCUT2D eigenvalue weighted by Crippen LogP contribution is -2.30. The fourth-order valence-corrected chi connectivity index (χ4v) is 14.8. The van der Waals surface area contributed by atoms with Crippen molar-refractivity contribution >= 4 is 39.5 Å². The van der Waals surface area contributed by atoms with E-state index in [-0.39, 0.29) is 25.7 Å². The van der Waals surface area contributed by atoms with Gasteiger partial charge in [-0.15, -0.1) is 0 Å². The van der Waals surface area contributed by atoms with Crippen LogP contribution in [-0.4, -0.2) is 96.7 Å². The Hall–Kier alpha value is -1.94. The molecule has 0 amide bonds. The molecule has 0 rings (SSSR count). The molecule has 0 saturated carbocycles. The van der Waals surface area contributed by atoms with Crippen molar-refractivity contribution in [2.45, 2.75) is 471 Å². The number of unbranched alkanes of at least 4 members (excludes halogenated alkanes) is 53. The number of ether oxygens (including phenoxy) is 4. The largest absolute Gasteiger partial charge is 0.472 e. The highest BCUT2D eigenvalue weighted by Gasteiger charge is 2.30. The summed E-state index contributed by atoms with van der Waals surface area (Å²) in [6.45, 7) is 9.73. The summed E-state index contributed by atoms with van der Waals surface area (Å²) in [4.78, 5) is 73.2. The molecular weight excluding hydrogens is 1350 g/mol. The summed E-state index contributed by atoms with van der Waals surface area (Å²) in [6.07, 6.45) is 67.9. The van der Waals surface area contributed by atoms with Crippen LogP contribution in [0.4, 0.5) is 0 Å². The first-order valence-electron chi connectivity index (χ1n) is 44.0. The minimum Gasteiger partial charge on any atom is -0.462 e. The van der Waals surface area contributed by atoms with Gasteiger partial charge in [0, 0.05) is 25.7 Å². The molecule has 3 unspecified atom stereocenters. The minimum atomic E-state index is -4.97. The van der Waals surface area contributed by atoms with Crippen LogP contribution in [0, 0.1) is 11.8 Å². The Morgan fingerprint density at radius 3 is 0.731 bits per heavy atom. The van der Waals surface area contributed by atoms with Crippen molar-refractivity contribution in [1.82, 2.24) is 0 Å². The molecule has 0 aromatic carbocycles. The zero-order chi connectivity index (χ0) is 76.4. The number of phosphoric ester groups is 2. The van der Waals surface area contributed by atoms with E-state index in [1.54, 1.807) is 0 Å². The van der Waals surface area contributed by atoms with Crippen molar-refractivity contribution < 1.29 is 80.2 Å². The third-order valence-electron chi connectivity index (χ3n) is 20.3. The molecule has 0 spiro atoms. The summed E-state index contributed by atoms with van der Waals surface area (Å²) < 4.78 is 68.9. The summed E-state index contributed by atoms with van der Waals surface area (Å²) in [5.41, 5.74) is 0. The molecular formula is C85H166O17P2. The molecule has 0 saturated heterocycles. The maximum Gasteiger partial charge on any atom is 0.472 e. The van der Waals surface area contributed by atoms with E-state index in [1.807, 2.05) is 0 Å². The van der Waals surface area contributed by atoms with Crippen LogP contribution in [0.25, 0.3) is 0 Å². The van der Waals surface area contributed by atoms with Crippen molar-refractivity contribution in [1.29, 1.82) is 0 Å². The lowest BCUT2D eigenvalue weighted by atomic mass is 9.99. The maximum absolute atomic E-state index is 13.1. The monoisotopic (exact) mass is 1520 g/mol. The molecule has 0 bridgehead atoms. The van der Waals surface area contributed by atoms with E-state index in [0.717, 1.165) is 102 Å². The second-order valence-corrected chi connectivity index (χ2v) is 34.2. The van der Waals surface area contributed by atoms with Gasteiger partial charge in [0.2, 0.25) is 0 Å². The zero-order valence-corrected chi connectivity index (χ0v) is 70.1. The molecule has 3 N–H and O–H groups in total. The molecule has 0 aliphatic carbocycles. The predicted molar refractivity (Wildman–Crippen MR) is 428 cm³/mol. The number of carbonyl (C=O) groups excluding carboxylic acids is 4. The maximum atomic E-state index is 13.1. The summed E-state index contributed by atoms with van der Waals surface area (Å²) in [5.74, 6) is -0.478. The SMILES string of the molecule is CCCCCCCCCCCCCCCCCCCC(=O)OC[C@H](COP(=O)(O)OC[C@@H](O)COP(=O)(O)OC[C@@H](COC(=O)CCCCCCCCCCCCCC)OC(=O)CCCCCCCCCCCCC(C)CC)OC(=O)CCCCCCCCCCCCCCCCCCCCC(C)C. The van der Waals surface area contributed by atoms with Crippen LogP contribution in [0.15, 0.2) is 0 Å². The van der Waals surface area contributed by atoms with E-state index < -0.39 is 97.5 Å². The van der Waals surface area contributed by atoms with Crippen LogP contribution in [0.1, 0.15) is 452 Å². The number of carbonyl (C=O) groups is 4. The molecule has 0 aromatic heterocycles. The van der Waals surface area contributed by atoms with Crippen molar-refractivity contribution in [3.8, 4) is 0 Å². The Morgan fingerprint density at radius 2 is 0.490 bits per heavy atom.